The summed E-state index contributed by atoms with van der Waals surface area (Å²) in [6.45, 7) is -0.109. The number of thioether (sulfide) groups is 2. The van der Waals surface area contributed by atoms with Gasteiger partial charge in [0.2, 0.25) is 5.91 Å². The maximum absolute atomic E-state index is 12.9. The quantitative estimate of drug-likeness (QED) is 0.0406. The molecule has 4 heterocycles. The minimum Gasteiger partial charge on any atom is -0.549 e. The van der Waals surface area contributed by atoms with Crippen LogP contribution < -0.4 is 38.1 Å². The van der Waals surface area contributed by atoms with Gasteiger partial charge in [0.25, 0.3) is 11.7 Å². The normalized spacial score (nSPS) is 23.5. The molecule has 0 radical (unpaired) electrons. The van der Waals surface area contributed by atoms with E-state index in [4.69, 9.17) is 27.9 Å². The molecule has 2 aliphatic heterocycles. The lowest BCUT2D eigenvalue weighted by Crippen LogP contribution is -2.75. The van der Waals surface area contributed by atoms with Crippen molar-refractivity contribution in [3.63, 3.8) is 0 Å². The molecule has 0 aromatic carbocycles. The molecular weight excluding hydrogens is 532 g/mol. The second-order valence-corrected chi connectivity index (χ2v) is 10.9. The first kappa shape index (κ1) is 25.6. The number of nitrogens with two attached hydrogens (primary N) is 4. The molecule has 2 aromatic rings. The van der Waals surface area contributed by atoms with E-state index in [1.807, 2.05) is 0 Å². The molecule has 0 aliphatic carbocycles. The number of hydrogen-bond donors (Lipinski definition) is 5. The van der Waals surface area contributed by atoms with Crippen molar-refractivity contribution in [3.05, 3.63) is 17.3 Å². The van der Waals surface area contributed by atoms with Gasteiger partial charge in [-0.05, 0) is 16.7 Å². The van der Waals surface area contributed by atoms with Crippen molar-refractivity contribution in [2.75, 3.05) is 48.2 Å². The zero-order valence-corrected chi connectivity index (χ0v) is 21.2. The maximum atomic E-state index is 12.9. The Labute approximate surface area is 216 Å². The van der Waals surface area contributed by atoms with Crippen LogP contribution in [0.2, 0.25) is 0 Å². The summed E-state index contributed by atoms with van der Waals surface area (Å²) in [7, 11) is 1.27. The third-order valence-corrected chi connectivity index (χ3v) is 9.03. The number of aliphatic carboxylic acids is 1. The molecule has 2 fully saturated rings. The fraction of sp³-hybridized carbons (Fsp3) is 0.389. The standard InChI is InChI=1S/C18H22N10O5S3/c1-33-26-9(8-3-34-16(21)23-8)12(29)24-10-13(30)27-4-18(15(31)32,5-35-14(10)27)6-36-17-25-11(20)7(19)2-28(17)22/h2-3,10,14,20H,4-6,19,22H2,1H3,(H4,21,23,24,29,31,32)/t10?,14-,18?/m1/s1. The molecule has 3 atom stereocenters. The van der Waals surface area contributed by atoms with Crippen molar-refractivity contribution >= 4 is 75.0 Å². The van der Waals surface area contributed by atoms with Crippen LogP contribution in [-0.4, -0.2) is 74.9 Å². The number of nitrogens with one attached hydrogen (secondary N) is 1. The minimum atomic E-state index is -1.39. The van der Waals surface area contributed by atoms with Crippen molar-refractivity contribution < 1.29 is 29.0 Å². The van der Waals surface area contributed by atoms with Gasteiger partial charge in [0, 0.05) is 28.8 Å². The van der Waals surface area contributed by atoms with Crippen molar-refractivity contribution in [2.24, 2.45) is 10.6 Å². The Hall–Kier alpha value is -3.51. The number of nitrogens with zero attached hydrogens (tertiary/aromatic N) is 5. The highest BCUT2D eigenvalue weighted by atomic mass is 32.2. The van der Waals surface area contributed by atoms with Crippen molar-refractivity contribution in [1.29, 1.82) is 0 Å². The predicted octanol–water partition coefficient (Wildman–Crippen LogP) is -3.43. The lowest BCUT2D eigenvalue weighted by molar-refractivity contribution is -0.681. The van der Waals surface area contributed by atoms with Gasteiger partial charge in [0.15, 0.2) is 10.8 Å². The van der Waals surface area contributed by atoms with E-state index < -0.39 is 34.6 Å². The Bertz CT molecular complexity index is 1260. The number of carbonyl (C=O) groups is 3. The molecule has 192 valence electrons. The summed E-state index contributed by atoms with van der Waals surface area (Å²) in [5, 5.41) is 20.1. The molecule has 9 N–H and O–H groups in total. The summed E-state index contributed by atoms with van der Waals surface area (Å²) in [5.74, 6) is 3.63. The number of fused-ring (bicyclic) bond motifs is 1. The summed E-state index contributed by atoms with van der Waals surface area (Å²) in [6, 6.07) is -0.877. The van der Waals surface area contributed by atoms with Gasteiger partial charge in [-0.15, -0.1) is 27.8 Å². The number of hydrogen-bond acceptors (Lipinski definition) is 15. The van der Waals surface area contributed by atoms with Crippen LogP contribution in [0.25, 0.3) is 0 Å². The highest BCUT2D eigenvalue weighted by Crippen LogP contribution is 2.43. The number of carboxylic acids is 1. The molecule has 2 amide bonds. The average Bonchev–Trinajstić information content (AvgIpc) is 3.27. The fourth-order valence-corrected chi connectivity index (χ4v) is 6.90. The number of β-lactam (4-membered cyclic amide) rings is 1. The largest absolute Gasteiger partial charge is 0.549 e. The van der Waals surface area contributed by atoms with Gasteiger partial charge in [-0.1, -0.05) is 5.16 Å². The van der Waals surface area contributed by atoms with Crippen LogP contribution in [0.15, 0.2) is 21.9 Å². The Morgan fingerprint density at radius 1 is 1.42 bits per heavy atom. The molecule has 2 aliphatic rings. The lowest BCUT2D eigenvalue weighted by atomic mass is 9.89. The van der Waals surface area contributed by atoms with E-state index in [0.29, 0.717) is 0 Å². The Balaban J connectivity index is 1.44. The van der Waals surface area contributed by atoms with Crippen LogP contribution in [0.4, 0.5) is 16.6 Å². The topological polar surface area (TPSA) is 245 Å². The fourth-order valence-electron chi connectivity index (χ4n) is 3.61. The lowest BCUT2D eigenvalue weighted by Gasteiger charge is -2.55. The summed E-state index contributed by atoms with van der Waals surface area (Å²) < 4.78 is 1.15. The molecule has 4 rings (SSSR count). The average molecular weight is 555 g/mol. The molecule has 0 spiro atoms. The monoisotopic (exact) mass is 554 g/mol. The molecule has 0 bridgehead atoms. The van der Waals surface area contributed by atoms with Crippen molar-refractivity contribution in [2.45, 2.75) is 16.6 Å². The van der Waals surface area contributed by atoms with Crippen LogP contribution in [0, 0.1) is 5.41 Å². The highest BCUT2D eigenvalue weighted by Gasteiger charge is 2.56. The van der Waals surface area contributed by atoms with Crippen molar-refractivity contribution in [3.8, 4) is 0 Å². The highest BCUT2D eigenvalue weighted by molar-refractivity contribution is 8.00. The maximum Gasteiger partial charge on any atom is 0.384 e. The minimum absolute atomic E-state index is 0.0132. The van der Waals surface area contributed by atoms with Gasteiger partial charge in [-0.2, -0.15) is 0 Å². The number of nitrogen functional groups attached to an aromatic ring is 4. The Morgan fingerprint density at radius 3 is 2.81 bits per heavy atom. The second-order valence-electron chi connectivity index (χ2n) is 7.94. The first-order valence-corrected chi connectivity index (χ1v) is 13.1. The van der Waals surface area contributed by atoms with E-state index in [9.17, 15) is 19.5 Å². The van der Waals surface area contributed by atoms with Crippen molar-refractivity contribution in [1.82, 2.24) is 20.2 Å². The van der Waals surface area contributed by atoms with Crippen LogP contribution in [0.1, 0.15) is 5.69 Å². The van der Waals surface area contributed by atoms with Gasteiger partial charge < -0.3 is 42.2 Å². The Kier molecular flexibility index (Phi) is 7.01. The van der Waals surface area contributed by atoms with Gasteiger partial charge in [0.1, 0.15) is 36.1 Å². The van der Waals surface area contributed by atoms with E-state index in [1.54, 1.807) is 0 Å². The molecule has 2 saturated heterocycles. The number of oxime groups is 1. The second kappa shape index (κ2) is 9.86. The molecule has 15 nitrogen and oxygen atoms in total. The number of thiazole rings is 1. The van der Waals surface area contributed by atoms with E-state index in [0.717, 1.165) is 27.8 Å². The molecular formula is C18H22N10O5S3. The smallest absolute Gasteiger partial charge is 0.384 e. The van der Waals surface area contributed by atoms with Crippen LogP contribution in [-0.2, 0) is 19.2 Å². The van der Waals surface area contributed by atoms with Gasteiger partial charge in [0.05, 0.1) is 5.97 Å². The van der Waals surface area contributed by atoms with E-state index in [2.05, 4.69) is 20.4 Å². The number of amides is 2. The first-order valence-electron chi connectivity index (χ1n) is 10.2. The number of rotatable bonds is 8. The molecule has 2 unspecified atom stereocenters. The Morgan fingerprint density at radius 2 is 2.17 bits per heavy atom. The number of carbonyl (C=O) groups excluding carboxylic acids is 3. The van der Waals surface area contributed by atoms with E-state index >= 15 is 0 Å². The third kappa shape index (κ3) is 4.65. The first-order chi connectivity index (χ1) is 17.1. The molecule has 18 heteroatoms. The summed E-state index contributed by atoms with van der Waals surface area (Å²) in [6.07, 6.45) is 1.37. The predicted molar refractivity (Wildman–Crippen MR) is 132 cm³/mol. The van der Waals surface area contributed by atoms with Gasteiger partial charge in [-0.3, -0.25) is 15.4 Å². The van der Waals surface area contributed by atoms with Crippen LogP contribution in [0.3, 0.4) is 0 Å². The van der Waals surface area contributed by atoms with E-state index in [1.165, 1.54) is 35.3 Å². The SMILES string of the molecule is CON=C(C(=O)NC1C(=O)N2CC(CSc3nc(N)c(N)c[n+]3N)(C(=O)[O-])CS[C@H]12)c1csc(N)n1. The van der Waals surface area contributed by atoms with E-state index in [-0.39, 0.29) is 51.2 Å². The zero-order valence-electron chi connectivity index (χ0n) is 18.7. The van der Waals surface area contributed by atoms with Crippen LogP contribution in [0.5, 0.6) is 0 Å². The summed E-state index contributed by atoms with van der Waals surface area (Å²) in [4.78, 5) is 52.1. The summed E-state index contributed by atoms with van der Waals surface area (Å²) in [5.41, 5.74) is 15.9. The molecule has 0 saturated carbocycles. The third-order valence-electron chi connectivity index (χ3n) is 5.52. The molecule has 2 aromatic heterocycles. The van der Waals surface area contributed by atoms with Crippen LogP contribution >= 0.6 is 34.9 Å². The number of carboxylic acid groups (broad SMARTS) is 1. The van der Waals surface area contributed by atoms with Gasteiger partial charge >= 0.3 is 5.16 Å². The number of anilines is 3. The zero-order chi connectivity index (χ0) is 26.2. The van der Waals surface area contributed by atoms with Gasteiger partial charge in [-0.25, -0.2) is 4.98 Å². The molecule has 36 heavy (non-hydrogen) atoms. The number of aromatic nitrogens is 3. The summed E-state index contributed by atoms with van der Waals surface area (Å²) >= 11 is 3.40.